The summed E-state index contributed by atoms with van der Waals surface area (Å²) in [6.45, 7) is 8.95. The minimum atomic E-state index is 0. The van der Waals surface area contributed by atoms with Crippen molar-refractivity contribution < 1.29 is 4.74 Å². The Morgan fingerprint density at radius 2 is 1.96 bits per heavy atom. The van der Waals surface area contributed by atoms with Crippen LogP contribution in [-0.4, -0.2) is 62.7 Å². The molecule has 0 spiro atoms. The molecular weight excluding hydrogens is 439 g/mol. The summed E-state index contributed by atoms with van der Waals surface area (Å²) in [6.07, 6.45) is 1.14. The van der Waals surface area contributed by atoms with Crippen molar-refractivity contribution in [1.29, 1.82) is 0 Å². The number of hydrogen-bond acceptors (Lipinski definition) is 3. The summed E-state index contributed by atoms with van der Waals surface area (Å²) in [5.41, 5.74) is 2.70. The van der Waals surface area contributed by atoms with Gasteiger partial charge in [-0.25, -0.2) is 0 Å². The summed E-state index contributed by atoms with van der Waals surface area (Å²) in [6, 6.07) is 9.19. The Balaban J connectivity index is 0.00000338. The highest BCUT2D eigenvalue weighted by atomic mass is 127. The maximum atomic E-state index is 5.48. The molecule has 1 aliphatic heterocycles. The quantitative estimate of drug-likeness (QED) is 0.375. The molecule has 1 aromatic carbocycles. The van der Waals surface area contributed by atoms with Gasteiger partial charge in [0, 0.05) is 52.3 Å². The van der Waals surface area contributed by atoms with Crippen LogP contribution in [0.3, 0.4) is 0 Å². The van der Waals surface area contributed by atoms with E-state index in [0.29, 0.717) is 12.0 Å². The molecule has 2 rings (SSSR count). The highest BCUT2D eigenvalue weighted by molar-refractivity contribution is 14.0. The molecule has 1 N–H and O–H groups in total. The number of halogens is 1. The van der Waals surface area contributed by atoms with Gasteiger partial charge in [0.15, 0.2) is 5.96 Å². The predicted molar refractivity (Wildman–Crippen MR) is 120 cm³/mol. The molecular formula is C20H35IN4O. The van der Waals surface area contributed by atoms with Crippen LogP contribution in [0.5, 0.6) is 0 Å². The fourth-order valence-electron chi connectivity index (χ4n) is 3.10. The Labute approximate surface area is 176 Å². The third-order valence-corrected chi connectivity index (χ3v) is 4.99. The molecule has 1 aliphatic rings. The summed E-state index contributed by atoms with van der Waals surface area (Å²) < 4.78 is 5.48. The summed E-state index contributed by atoms with van der Waals surface area (Å²) in [4.78, 5) is 9.02. The van der Waals surface area contributed by atoms with E-state index in [2.05, 4.69) is 72.3 Å². The number of benzene rings is 1. The van der Waals surface area contributed by atoms with Crippen molar-refractivity contribution in [2.45, 2.75) is 39.4 Å². The normalized spacial score (nSPS) is 17.5. The Kier molecular flexibility index (Phi) is 10.5. The van der Waals surface area contributed by atoms with Crippen molar-refractivity contribution in [3.8, 4) is 0 Å². The third-order valence-electron chi connectivity index (χ3n) is 4.99. The number of guanidine groups is 1. The van der Waals surface area contributed by atoms with E-state index >= 15 is 0 Å². The molecule has 0 saturated carbocycles. The second-order valence-corrected chi connectivity index (χ2v) is 7.29. The van der Waals surface area contributed by atoms with Crippen LogP contribution >= 0.6 is 24.0 Å². The van der Waals surface area contributed by atoms with Crippen LogP contribution in [0.2, 0.25) is 0 Å². The van der Waals surface area contributed by atoms with Crippen LogP contribution in [0.4, 0.5) is 0 Å². The number of nitrogens with one attached hydrogen (secondary N) is 1. The van der Waals surface area contributed by atoms with Crippen LogP contribution in [0.15, 0.2) is 29.3 Å². The van der Waals surface area contributed by atoms with E-state index in [9.17, 15) is 0 Å². The summed E-state index contributed by atoms with van der Waals surface area (Å²) in [7, 11) is 6.12. The van der Waals surface area contributed by atoms with Crippen molar-refractivity contribution in [2.24, 2.45) is 10.9 Å². The van der Waals surface area contributed by atoms with E-state index < -0.39 is 0 Å². The van der Waals surface area contributed by atoms with Gasteiger partial charge in [0.25, 0.3) is 0 Å². The van der Waals surface area contributed by atoms with Crippen molar-refractivity contribution in [2.75, 3.05) is 40.9 Å². The second-order valence-electron chi connectivity index (χ2n) is 7.29. The Morgan fingerprint density at radius 1 is 1.27 bits per heavy atom. The summed E-state index contributed by atoms with van der Waals surface area (Å²) in [5, 5.41) is 3.52. The molecule has 0 radical (unpaired) electrons. The Morgan fingerprint density at radius 3 is 2.54 bits per heavy atom. The topological polar surface area (TPSA) is 40.1 Å². The average Bonchev–Trinajstić information content (AvgIpc) is 3.09. The van der Waals surface area contributed by atoms with Crippen LogP contribution in [0, 0.1) is 5.92 Å². The second kappa shape index (κ2) is 11.8. The zero-order valence-electron chi connectivity index (χ0n) is 16.9. The number of nitrogens with zero attached hydrogens (tertiary/aromatic N) is 3. The molecule has 1 heterocycles. The molecule has 1 unspecified atom stereocenters. The first-order valence-corrected chi connectivity index (χ1v) is 9.27. The van der Waals surface area contributed by atoms with Gasteiger partial charge in [-0.1, -0.05) is 24.3 Å². The molecule has 5 nitrogen and oxygen atoms in total. The van der Waals surface area contributed by atoms with Crippen LogP contribution in [-0.2, 0) is 17.8 Å². The van der Waals surface area contributed by atoms with E-state index in [4.69, 9.17) is 4.74 Å². The molecule has 6 heteroatoms. The van der Waals surface area contributed by atoms with E-state index in [1.54, 1.807) is 0 Å². The fourth-order valence-corrected chi connectivity index (χ4v) is 3.10. The molecule has 1 atom stereocenters. The maximum absolute atomic E-state index is 5.48. The SMILES string of the molecule is CN=C(NCc1ccccc1CN(C)C(C)C)N(C)CC1CCOC1.I. The van der Waals surface area contributed by atoms with E-state index in [1.165, 1.54) is 11.1 Å². The fraction of sp³-hybridized carbons (Fsp3) is 0.650. The van der Waals surface area contributed by atoms with E-state index in [-0.39, 0.29) is 24.0 Å². The lowest BCUT2D eigenvalue weighted by atomic mass is 10.1. The number of hydrogen-bond donors (Lipinski definition) is 1. The van der Waals surface area contributed by atoms with Crippen LogP contribution in [0.25, 0.3) is 0 Å². The molecule has 0 aromatic heterocycles. The minimum Gasteiger partial charge on any atom is -0.381 e. The lowest BCUT2D eigenvalue weighted by Gasteiger charge is -2.26. The van der Waals surface area contributed by atoms with E-state index in [1.807, 2.05) is 7.05 Å². The lowest BCUT2D eigenvalue weighted by molar-refractivity contribution is 0.181. The molecule has 1 saturated heterocycles. The van der Waals surface area contributed by atoms with Crippen molar-refractivity contribution in [1.82, 2.24) is 15.1 Å². The average molecular weight is 474 g/mol. The van der Waals surface area contributed by atoms with Crippen molar-refractivity contribution >= 4 is 29.9 Å². The smallest absolute Gasteiger partial charge is 0.193 e. The van der Waals surface area contributed by atoms with Gasteiger partial charge in [0.1, 0.15) is 0 Å². The monoisotopic (exact) mass is 474 g/mol. The molecule has 26 heavy (non-hydrogen) atoms. The summed E-state index contributed by atoms with van der Waals surface area (Å²) in [5.74, 6) is 1.55. The van der Waals surface area contributed by atoms with E-state index in [0.717, 1.165) is 45.2 Å². The predicted octanol–water partition coefficient (Wildman–Crippen LogP) is 3.19. The van der Waals surface area contributed by atoms with Gasteiger partial charge in [-0.3, -0.25) is 9.89 Å². The molecule has 0 amide bonds. The Hall–Kier alpha value is -0.860. The molecule has 1 aromatic rings. The largest absolute Gasteiger partial charge is 0.381 e. The van der Waals surface area contributed by atoms with Gasteiger partial charge < -0.3 is 15.0 Å². The lowest BCUT2D eigenvalue weighted by Crippen LogP contribution is -2.41. The van der Waals surface area contributed by atoms with Crippen molar-refractivity contribution in [3.63, 3.8) is 0 Å². The minimum absolute atomic E-state index is 0. The highest BCUT2D eigenvalue weighted by Gasteiger charge is 2.19. The van der Waals surface area contributed by atoms with Crippen molar-refractivity contribution in [3.05, 3.63) is 35.4 Å². The first-order chi connectivity index (χ1) is 12.0. The molecule has 0 aliphatic carbocycles. The van der Waals surface area contributed by atoms with Crippen LogP contribution in [0.1, 0.15) is 31.4 Å². The first kappa shape index (κ1) is 23.2. The number of rotatable bonds is 7. The summed E-state index contributed by atoms with van der Waals surface area (Å²) >= 11 is 0. The Bertz CT molecular complexity index is 558. The maximum Gasteiger partial charge on any atom is 0.193 e. The van der Waals surface area contributed by atoms with Gasteiger partial charge in [0.2, 0.25) is 0 Å². The highest BCUT2D eigenvalue weighted by Crippen LogP contribution is 2.14. The first-order valence-electron chi connectivity index (χ1n) is 9.27. The van der Waals surface area contributed by atoms with Gasteiger partial charge in [-0.05, 0) is 38.4 Å². The number of aliphatic imine (C=N–C) groups is 1. The molecule has 0 bridgehead atoms. The number of ether oxygens (including phenoxy) is 1. The van der Waals surface area contributed by atoms with Gasteiger partial charge in [-0.2, -0.15) is 0 Å². The molecule has 1 fully saturated rings. The van der Waals surface area contributed by atoms with Gasteiger partial charge in [0.05, 0.1) is 6.61 Å². The standard InChI is InChI=1S/C20H34N4O.HI/c1-16(2)23(4)14-19-9-7-6-8-18(19)12-22-20(21-3)24(5)13-17-10-11-25-15-17;/h6-9,16-17H,10-15H2,1-5H3,(H,21,22);1H. The third kappa shape index (κ3) is 7.04. The van der Waals surface area contributed by atoms with Gasteiger partial charge in [-0.15, -0.1) is 24.0 Å². The zero-order chi connectivity index (χ0) is 18.2. The molecule has 148 valence electrons. The zero-order valence-corrected chi connectivity index (χ0v) is 19.2. The van der Waals surface area contributed by atoms with Gasteiger partial charge >= 0.3 is 0 Å². The van der Waals surface area contributed by atoms with Crippen LogP contribution < -0.4 is 5.32 Å².